The number of rotatable bonds is 2. The first-order valence-electron chi connectivity index (χ1n) is 3.86. The van der Waals surface area contributed by atoms with E-state index in [1.54, 1.807) is 0 Å². The van der Waals surface area contributed by atoms with Gasteiger partial charge < -0.3 is 15.5 Å². The first-order valence-corrected chi connectivity index (χ1v) is 5.47. The van der Waals surface area contributed by atoms with Gasteiger partial charge in [0, 0.05) is 0 Å². The minimum Gasteiger partial charge on any atom is -0.323 e. The summed E-state index contributed by atoms with van der Waals surface area (Å²) in [5, 5.41) is -1.78. The van der Waals surface area contributed by atoms with E-state index in [0.717, 1.165) is 12.1 Å². The molecule has 4 N–H and O–H groups in total. The quantitative estimate of drug-likeness (QED) is 0.651. The highest BCUT2D eigenvalue weighted by Crippen LogP contribution is 2.52. The van der Waals surface area contributed by atoms with Crippen LogP contribution in [0.3, 0.4) is 0 Å². The van der Waals surface area contributed by atoms with E-state index in [1.807, 2.05) is 0 Å². The Morgan fingerprint density at radius 1 is 1.36 bits per heavy atom. The van der Waals surface area contributed by atoms with Gasteiger partial charge in [-0.3, -0.25) is 4.57 Å². The van der Waals surface area contributed by atoms with Crippen molar-refractivity contribution in [1.82, 2.24) is 0 Å². The van der Waals surface area contributed by atoms with Crippen LogP contribution in [0.4, 0.5) is 4.39 Å². The molecule has 1 aromatic carbocycles. The van der Waals surface area contributed by atoms with Crippen LogP contribution in [0.5, 0.6) is 0 Å². The molecular weight excluding hydrogens is 208 g/mol. The van der Waals surface area contributed by atoms with Crippen LogP contribution in [-0.2, 0) is 9.85 Å². The van der Waals surface area contributed by atoms with Crippen molar-refractivity contribution in [3.63, 3.8) is 0 Å². The Hall–Kier alpha value is -0.740. The Bertz CT molecular complexity index is 371. The highest BCUT2D eigenvalue weighted by Gasteiger charge is 2.40. The molecule has 4 nitrogen and oxygen atoms in total. The molecule has 1 atom stereocenters. The van der Waals surface area contributed by atoms with Gasteiger partial charge in [0.05, 0.1) is 0 Å². The van der Waals surface area contributed by atoms with Crippen molar-refractivity contribution in [2.45, 2.75) is 12.2 Å². The van der Waals surface area contributed by atoms with Gasteiger partial charge in [0.1, 0.15) is 11.1 Å². The van der Waals surface area contributed by atoms with Crippen molar-refractivity contribution in [2.24, 2.45) is 5.73 Å². The van der Waals surface area contributed by atoms with Crippen LogP contribution in [0.15, 0.2) is 24.3 Å². The van der Waals surface area contributed by atoms with Crippen molar-refractivity contribution in [3.05, 3.63) is 35.6 Å². The molecule has 0 aliphatic rings. The van der Waals surface area contributed by atoms with Crippen LogP contribution in [0, 0.1) is 5.82 Å². The lowest BCUT2D eigenvalue weighted by Crippen LogP contribution is -2.32. The Morgan fingerprint density at radius 2 is 1.79 bits per heavy atom. The maximum absolute atomic E-state index is 12.5. The first kappa shape index (κ1) is 11.3. The van der Waals surface area contributed by atoms with Gasteiger partial charge in [-0.25, -0.2) is 4.39 Å². The van der Waals surface area contributed by atoms with Crippen LogP contribution in [0.25, 0.3) is 0 Å². The fourth-order valence-electron chi connectivity index (χ4n) is 0.955. The lowest BCUT2D eigenvalue weighted by atomic mass is 10.1. The molecule has 78 valence electrons. The highest BCUT2D eigenvalue weighted by atomic mass is 31.2. The minimum atomic E-state index is -4.45. The van der Waals surface area contributed by atoms with Gasteiger partial charge in [0.25, 0.3) is 0 Å². The molecule has 0 aliphatic heterocycles. The lowest BCUT2D eigenvalue weighted by Gasteiger charge is -2.25. The summed E-state index contributed by atoms with van der Waals surface area (Å²) in [4.78, 5) is 17.9. The number of nitrogens with two attached hydrogens (primary N) is 1. The second-order valence-electron chi connectivity index (χ2n) is 3.20. The Kier molecular flexibility index (Phi) is 2.78. The maximum Gasteiger partial charge on any atom is 0.349 e. The van der Waals surface area contributed by atoms with Crippen LogP contribution < -0.4 is 5.73 Å². The molecule has 6 heteroatoms. The van der Waals surface area contributed by atoms with Crippen molar-refractivity contribution in [2.75, 3.05) is 0 Å². The zero-order valence-electron chi connectivity index (χ0n) is 7.51. The normalized spacial score (nSPS) is 16.4. The zero-order valence-corrected chi connectivity index (χ0v) is 8.41. The van der Waals surface area contributed by atoms with Crippen molar-refractivity contribution in [3.8, 4) is 0 Å². The third-order valence-corrected chi connectivity index (χ3v) is 3.50. The monoisotopic (exact) mass is 219 g/mol. The molecule has 0 aromatic heterocycles. The second kappa shape index (κ2) is 3.44. The molecule has 0 aliphatic carbocycles. The summed E-state index contributed by atoms with van der Waals surface area (Å²) in [6, 6.07) is 4.73. The summed E-state index contributed by atoms with van der Waals surface area (Å²) in [6.07, 6.45) is 0. The number of halogens is 1. The van der Waals surface area contributed by atoms with E-state index in [2.05, 4.69) is 0 Å². The third kappa shape index (κ3) is 2.01. The fourth-order valence-corrected chi connectivity index (χ4v) is 1.44. The van der Waals surface area contributed by atoms with Gasteiger partial charge in [-0.15, -0.1) is 0 Å². The second-order valence-corrected chi connectivity index (χ2v) is 5.22. The number of benzene rings is 1. The Balaban J connectivity index is 3.17. The van der Waals surface area contributed by atoms with E-state index in [1.165, 1.54) is 19.1 Å². The maximum atomic E-state index is 12.5. The molecule has 1 aromatic rings. The van der Waals surface area contributed by atoms with Crippen LogP contribution >= 0.6 is 7.60 Å². The van der Waals surface area contributed by atoms with Crippen LogP contribution in [0.1, 0.15) is 12.5 Å². The van der Waals surface area contributed by atoms with E-state index in [0.29, 0.717) is 0 Å². The molecule has 0 saturated carbocycles. The van der Waals surface area contributed by atoms with Crippen LogP contribution in [0.2, 0.25) is 0 Å². The molecule has 0 unspecified atom stereocenters. The SMILES string of the molecule is C[C@@](N)(c1ccc(F)cc1)P(=O)(O)O. The Labute approximate surface area is 80.7 Å². The average Bonchev–Trinajstić information content (AvgIpc) is 2.03. The molecule has 0 heterocycles. The van der Waals surface area contributed by atoms with Crippen molar-refractivity contribution in [1.29, 1.82) is 0 Å². The van der Waals surface area contributed by atoms with Gasteiger partial charge in [-0.1, -0.05) is 12.1 Å². The van der Waals surface area contributed by atoms with Crippen molar-refractivity contribution < 1.29 is 18.7 Å². The summed E-state index contributed by atoms with van der Waals surface area (Å²) in [5.74, 6) is -0.477. The number of hydrogen-bond acceptors (Lipinski definition) is 2. The van der Waals surface area contributed by atoms with E-state index in [9.17, 15) is 8.96 Å². The standard InChI is InChI=1S/C8H11FNO3P/c1-8(10,14(11,12)13)6-2-4-7(9)5-3-6/h2-5H,10H2,1H3,(H2,11,12,13)/t8-/m0/s1. The van der Waals surface area contributed by atoms with Crippen LogP contribution in [-0.4, -0.2) is 9.79 Å². The predicted molar refractivity (Wildman–Crippen MR) is 50.0 cm³/mol. The summed E-state index contributed by atoms with van der Waals surface area (Å²) in [7, 11) is -4.45. The third-order valence-electron chi connectivity index (χ3n) is 2.03. The molecule has 1 rings (SSSR count). The zero-order chi connectivity index (χ0) is 11.0. The molecule has 0 fully saturated rings. The highest BCUT2D eigenvalue weighted by molar-refractivity contribution is 7.53. The van der Waals surface area contributed by atoms with Gasteiger partial charge >= 0.3 is 7.60 Å². The minimum absolute atomic E-state index is 0.201. The van der Waals surface area contributed by atoms with Gasteiger partial charge in [0.2, 0.25) is 0 Å². The molecule has 0 saturated heterocycles. The molecular formula is C8H11FNO3P. The van der Waals surface area contributed by atoms with E-state index >= 15 is 0 Å². The largest absolute Gasteiger partial charge is 0.349 e. The summed E-state index contributed by atoms with van der Waals surface area (Å²) < 4.78 is 23.6. The van der Waals surface area contributed by atoms with Gasteiger partial charge in [0.15, 0.2) is 0 Å². The Morgan fingerprint density at radius 3 is 2.14 bits per heavy atom. The molecule has 0 amide bonds. The molecule has 14 heavy (non-hydrogen) atoms. The lowest BCUT2D eigenvalue weighted by molar-refractivity contribution is 0.333. The van der Waals surface area contributed by atoms with E-state index in [-0.39, 0.29) is 5.56 Å². The average molecular weight is 219 g/mol. The molecule has 0 bridgehead atoms. The van der Waals surface area contributed by atoms with Gasteiger partial charge in [-0.2, -0.15) is 0 Å². The predicted octanol–water partition coefficient (Wildman–Crippen LogP) is 1.13. The summed E-state index contributed by atoms with van der Waals surface area (Å²) in [5.41, 5.74) is 5.68. The van der Waals surface area contributed by atoms with Crippen molar-refractivity contribution >= 4 is 7.60 Å². The smallest absolute Gasteiger partial charge is 0.323 e. The first-order chi connectivity index (χ1) is 6.25. The number of hydrogen-bond donors (Lipinski definition) is 3. The van der Waals surface area contributed by atoms with E-state index < -0.39 is 18.7 Å². The fraction of sp³-hybridized carbons (Fsp3) is 0.250. The summed E-state index contributed by atoms with van der Waals surface area (Å²) >= 11 is 0. The topological polar surface area (TPSA) is 83.6 Å². The molecule has 0 radical (unpaired) electrons. The van der Waals surface area contributed by atoms with E-state index in [4.69, 9.17) is 15.5 Å². The van der Waals surface area contributed by atoms with Gasteiger partial charge in [-0.05, 0) is 24.6 Å². The molecule has 0 spiro atoms. The summed E-state index contributed by atoms with van der Waals surface area (Å²) in [6.45, 7) is 1.21.